The van der Waals surface area contributed by atoms with Gasteiger partial charge in [0.2, 0.25) is 5.95 Å². The molecule has 0 aliphatic carbocycles. The highest BCUT2D eigenvalue weighted by Gasteiger charge is 2.33. The van der Waals surface area contributed by atoms with E-state index >= 15 is 0 Å². The highest BCUT2D eigenvalue weighted by molar-refractivity contribution is 5.41. The second-order valence-corrected chi connectivity index (χ2v) is 5.15. The summed E-state index contributed by atoms with van der Waals surface area (Å²) in [5.41, 5.74) is 4.30. The minimum absolute atomic E-state index is 0.123. The summed E-state index contributed by atoms with van der Waals surface area (Å²) in [6, 6.07) is 0.892. The Balaban J connectivity index is 2.00. The first-order valence-electron chi connectivity index (χ1n) is 6.49. The molecule has 1 aromatic heterocycles. The average Bonchev–Trinajstić information content (AvgIpc) is 2.35. The van der Waals surface area contributed by atoms with E-state index in [1.54, 1.807) is 0 Å². The molecule has 0 bridgehead atoms. The van der Waals surface area contributed by atoms with Crippen molar-refractivity contribution >= 4 is 11.8 Å². The molecule has 0 aromatic carbocycles. The van der Waals surface area contributed by atoms with E-state index in [1.165, 1.54) is 0 Å². The Kier molecular flexibility index (Phi) is 4.32. The van der Waals surface area contributed by atoms with E-state index in [4.69, 9.17) is 5.73 Å². The number of hydrogen-bond donors (Lipinski definition) is 2. The predicted octanol–water partition coefficient (Wildman–Crippen LogP) is 1.83. The van der Waals surface area contributed by atoms with Gasteiger partial charge >= 0.3 is 6.18 Å². The fourth-order valence-corrected chi connectivity index (χ4v) is 2.39. The number of likely N-dealkylation sites (tertiary alicyclic amines) is 1. The van der Waals surface area contributed by atoms with Crippen LogP contribution in [0.2, 0.25) is 0 Å². The van der Waals surface area contributed by atoms with Crippen LogP contribution in [0.4, 0.5) is 24.9 Å². The maximum absolute atomic E-state index is 12.6. The van der Waals surface area contributed by atoms with Crippen molar-refractivity contribution in [1.82, 2.24) is 14.9 Å². The van der Waals surface area contributed by atoms with Crippen molar-refractivity contribution in [1.29, 1.82) is 0 Å². The Hall–Kier alpha value is -1.57. The lowest BCUT2D eigenvalue weighted by Gasteiger charge is -2.29. The second kappa shape index (κ2) is 5.82. The van der Waals surface area contributed by atoms with Crippen LogP contribution in [-0.2, 0) is 6.18 Å². The van der Waals surface area contributed by atoms with Gasteiger partial charge in [-0.25, -0.2) is 4.98 Å². The summed E-state index contributed by atoms with van der Waals surface area (Å²) in [6.07, 6.45) is -2.36. The molecule has 2 rings (SSSR count). The number of halogens is 3. The topological polar surface area (TPSA) is 67.1 Å². The summed E-state index contributed by atoms with van der Waals surface area (Å²) in [6.45, 7) is 2.58. The normalized spacial score (nSPS) is 20.9. The maximum atomic E-state index is 12.6. The van der Waals surface area contributed by atoms with Crippen molar-refractivity contribution in [2.45, 2.75) is 19.0 Å². The Morgan fingerprint density at radius 1 is 1.45 bits per heavy atom. The molecule has 0 amide bonds. The quantitative estimate of drug-likeness (QED) is 0.888. The van der Waals surface area contributed by atoms with Crippen LogP contribution in [0, 0.1) is 5.92 Å². The van der Waals surface area contributed by atoms with E-state index in [-0.39, 0.29) is 11.8 Å². The molecule has 0 radical (unpaired) electrons. The standard InChI is InChI=1S/C12H18F3N5/c1-20-4-2-3-8(7-20)6-17-10-5-9(12(13,14)15)18-11(16)19-10/h5,8H,2-4,6-7H2,1H3,(H3,16,17,18,19). The van der Waals surface area contributed by atoms with Gasteiger partial charge in [0.1, 0.15) is 5.82 Å². The first kappa shape index (κ1) is 14.8. The number of aromatic nitrogens is 2. The van der Waals surface area contributed by atoms with Gasteiger partial charge in [-0.15, -0.1) is 0 Å². The fraction of sp³-hybridized carbons (Fsp3) is 0.667. The lowest BCUT2D eigenvalue weighted by molar-refractivity contribution is -0.141. The van der Waals surface area contributed by atoms with Crippen LogP contribution in [-0.4, -0.2) is 41.5 Å². The summed E-state index contributed by atoms with van der Waals surface area (Å²) in [5, 5.41) is 2.93. The number of nitrogen functional groups attached to an aromatic ring is 1. The zero-order valence-electron chi connectivity index (χ0n) is 11.2. The highest BCUT2D eigenvalue weighted by Crippen LogP contribution is 2.29. The number of nitrogens with two attached hydrogens (primary N) is 1. The number of piperidine rings is 1. The molecule has 2 heterocycles. The third kappa shape index (κ3) is 3.96. The highest BCUT2D eigenvalue weighted by atomic mass is 19.4. The molecule has 3 N–H and O–H groups in total. The predicted molar refractivity (Wildman–Crippen MR) is 70.2 cm³/mol. The van der Waals surface area contributed by atoms with Gasteiger partial charge in [-0.1, -0.05) is 0 Å². The van der Waals surface area contributed by atoms with Gasteiger partial charge in [0.05, 0.1) is 0 Å². The summed E-state index contributed by atoms with van der Waals surface area (Å²) in [4.78, 5) is 9.21. The maximum Gasteiger partial charge on any atom is 0.433 e. The van der Waals surface area contributed by atoms with Crippen molar-refractivity contribution in [3.63, 3.8) is 0 Å². The number of nitrogens with zero attached hydrogens (tertiary/aromatic N) is 3. The largest absolute Gasteiger partial charge is 0.433 e. The van der Waals surface area contributed by atoms with Crippen molar-refractivity contribution in [2.75, 3.05) is 37.7 Å². The van der Waals surface area contributed by atoms with Crippen molar-refractivity contribution in [3.8, 4) is 0 Å². The van der Waals surface area contributed by atoms with Crippen LogP contribution in [0.1, 0.15) is 18.5 Å². The van der Waals surface area contributed by atoms with Crippen LogP contribution < -0.4 is 11.1 Å². The zero-order chi connectivity index (χ0) is 14.8. The summed E-state index contributed by atoms with van der Waals surface area (Å²) < 4.78 is 37.8. The Morgan fingerprint density at radius 2 is 2.20 bits per heavy atom. The molecule has 1 aliphatic heterocycles. The Bertz CT molecular complexity index is 463. The molecular formula is C12H18F3N5. The minimum Gasteiger partial charge on any atom is -0.370 e. The molecule has 8 heteroatoms. The smallest absolute Gasteiger partial charge is 0.370 e. The fourth-order valence-electron chi connectivity index (χ4n) is 2.39. The minimum atomic E-state index is -4.52. The van der Waals surface area contributed by atoms with Crippen LogP contribution in [0.3, 0.4) is 0 Å². The van der Waals surface area contributed by atoms with Crippen LogP contribution in [0.25, 0.3) is 0 Å². The van der Waals surface area contributed by atoms with Gasteiger partial charge in [-0.05, 0) is 32.4 Å². The van der Waals surface area contributed by atoms with E-state index < -0.39 is 11.9 Å². The number of nitrogens with one attached hydrogen (secondary N) is 1. The molecular weight excluding hydrogens is 271 g/mol. The monoisotopic (exact) mass is 289 g/mol. The van der Waals surface area contributed by atoms with Crippen molar-refractivity contribution in [2.24, 2.45) is 5.92 Å². The van der Waals surface area contributed by atoms with E-state index in [9.17, 15) is 13.2 Å². The molecule has 1 aromatic rings. The van der Waals surface area contributed by atoms with Gasteiger partial charge in [0.15, 0.2) is 5.69 Å². The van der Waals surface area contributed by atoms with E-state index in [0.717, 1.165) is 32.0 Å². The third-order valence-corrected chi connectivity index (χ3v) is 3.33. The Labute approximate surface area is 115 Å². The lowest BCUT2D eigenvalue weighted by atomic mass is 9.98. The Morgan fingerprint density at radius 3 is 2.85 bits per heavy atom. The van der Waals surface area contributed by atoms with Gasteiger partial charge in [0, 0.05) is 19.2 Å². The number of anilines is 2. The average molecular weight is 289 g/mol. The molecule has 1 saturated heterocycles. The molecule has 1 atom stereocenters. The van der Waals surface area contributed by atoms with E-state index in [0.29, 0.717) is 12.5 Å². The van der Waals surface area contributed by atoms with Crippen molar-refractivity contribution < 1.29 is 13.2 Å². The first-order valence-corrected chi connectivity index (χ1v) is 6.49. The van der Waals surface area contributed by atoms with Gasteiger partial charge in [-0.3, -0.25) is 0 Å². The molecule has 0 spiro atoms. The van der Waals surface area contributed by atoms with E-state index in [1.807, 2.05) is 7.05 Å². The van der Waals surface area contributed by atoms with Crippen LogP contribution >= 0.6 is 0 Å². The number of rotatable bonds is 3. The molecule has 5 nitrogen and oxygen atoms in total. The molecule has 1 unspecified atom stereocenters. The summed E-state index contributed by atoms with van der Waals surface area (Å²) >= 11 is 0. The van der Waals surface area contributed by atoms with Crippen LogP contribution in [0.15, 0.2) is 6.07 Å². The van der Waals surface area contributed by atoms with Gasteiger partial charge < -0.3 is 16.0 Å². The number of alkyl halides is 3. The lowest BCUT2D eigenvalue weighted by Crippen LogP contribution is -2.35. The second-order valence-electron chi connectivity index (χ2n) is 5.15. The molecule has 1 fully saturated rings. The SMILES string of the molecule is CN1CCCC(CNc2cc(C(F)(F)F)nc(N)n2)C1. The van der Waals surface area contributed by atoms with Crippen LogP contribution in [0.5, 0.6) is 0 Å². The van der Waals surface area contributed by atoms with Gasteiger partial charge in [0.25, 0.3) is 0 Å². The molecule has 0 saturated carbocycles. The molecule has 1 aliphatic rings. The summed E-state index contributed by atoms with van der Waals surface area (Å²) in [7, 11) is 2.04. The summed E-state index contributed by atoms with van der Waals surface area (Å²) in [5.74, 6) is 0.153. The first-order chi connectivity index (χ1) is 9.34. The third-order valence-electron chi connectivity index (χ3n) is 3.33. The van der Waals surface area contributed by atoms with Crippen molar-refractivity contribution in [3.05, 3.63) is 11.8 Å². The van der Waals surface area contributed by atoms with Gasteiger partial charge in [-0.2, -0.15) is 18.2 Å². The molecule has 20 heavy (non-hydrogen) atoms. The number of hydrogen-bond acceptors (Lipinski definition) is 5. The van der Waals surface area contributed by atoms with E-state index in [2.05, 4.69) is 20.2 Å². The molecule has 112 valence electrons. The zero-order valence-corrected chi connectivity index (χ0v) is 11.2.